The van der Waals surface area contributed by atoms with Gasteiger partial charge in [-0.05, 0) is 20.8 Å². The van der Waals surface area contributed by atoms with Crippen molar-refractivity contribution in [3.8, 4) is 0 Å². The summed E-state index contributed by atoms with van der Waals surface area (Å²) in [4.78, 5) is 11.2. The lowest BCUT2D eigenvalue weighted by Crippen LogP contribution is -2.31. The first kappa shape index (κ1) is 14.7. The zero-order valence-electron chi connectivity index (χ0n) is 9.70. The first-order chi connectivity index (χ1) is 6.42. The van der Waals surface area contributed by atoms with Crippen LogP contribution in [0.3, 0.4) is 0 Å². The van der Waals surface area contributed by atoms with Gasteiger partial charge < -0.3 is 14.8 Å². The van der Waals surface area contributed by atoms with Gasteiger partial charge in [-0.25, -0.2) is 0 Å². The number of esters is 1. The van der Waals surface area contributed by atoms with Crippen LogP contribution >= 0.6 is 12.4 Å². The van der Waals surface area contributed by atoms with E-state index >= 15 is 0 Å². The van der Waals surface area contributed by atoms with Crippen molar-refractivity contribution in [2.24, 2.45) is 0 Å². The van der Waals surface area contributed by atoms with Crippen LogP contribution < -0.4 is 5.32 Å². The molecule has 0 aromatic rings. The fourth-order valence-corrected chi connectivity index (χ4v) is 1.61. The van der Waals surface area contributed by atoms with Crippen LogP contribution in [-0.2, 0) is 14.3 Å². The van der Waals surface area contributed by atoms with E-state index in [9.17, 15) is 4.79 Å². The number of rotatable bonds is 2. The number of carbonyl (C=O) groups is 1. The molecule has 1 rings (SSSR count). The molecule has 4 nitrogen and oxygen atoms in total. The first-order valence-electron chi connectivity index (χ1n) is 4.91. The summed E-state index contributed by atoms with van der Waals surface area (Å²) in [6, 6.07) is -0.202. The summed E-state index contributed by atoms with van der Waals surface area (Å²) < 4.78 is 10.4. The van der Waals surface area contributed by atoms with Gasteiger partial charge in [0.25, 0.3) is 0 Å². The van der Waals surface area contributed by atoms with Gasteiger partial charge >= 0.3 is 5.97 Å². The lowest BCUT2D eigenvalue weighted by molar-refractivity contribution is -0.143. The van der Waals surface area contributed by atoms with Crippen LogP contribution in [0.2, 0.25) is 0 Å². The van der Waals surface area contributed by atoms with E-state index < -0.39 is 0 Å². The first-order valence-corrected chi connectivity index (χ1v) is 4.91. The number of nitrogens with one attached hydrogen (secondary N) is 1. The van der Waals surface area contributed by atoms with E-state index in [0.29, 0.717) is 6.42 Å². The Morgan fingerprint density at radius 3 is 2.47 bits per heavy atom. The highest BCUT2D eigenvalue weighted by Crippen LogP contribution is 2.18. The number of methoxy groups -OCH3 is 1. The van der Waals surface area contributed by atoms with Gasteiger partial charge in [-0.15, -0.1) is 12.4 Å². The van der Waals surface area contributed by atoms with Gasteiger partial charge in [0.2, 0.25) is 0 Å². The molecule has 0 saturated carbocycles. The average molecular weight is 238 g/mol. The van der Waals surface area contributed by atoms with Crippen LogP contribution in [-0.4, -0.2) is 37.4 Å². The molecule has 0 amide bonds. The van der Waals surface area contributed by atoms with Gasteiger partial charge in [-0.1, -0.05) is 0 Å². The number of halogens is 1. The normalized spacial score (nSPS) is 25.9. The summed E-state index contributed by atoms with van der Waals surface area (Å²) >= 11 is 0. The number of ether oxygens (including phenoxy) is 2. The number of hydrogen-bond acceptors (Lipinski definition) is 4. The van der Waals surface area contributed by atoms with Crippen molar-refractivity contribution in [2.75, 3.05) is 13.7 Å². The Morgan fingerprint density at radius 1 is 1.40 bits per heavy atom. The standard InChI is InChI=1S/C10H19NO3.ClH/c1-10(2,3)14-7-5-8(11-6-7)9(12)13-4;/h7-8,11H,5-6H2,1-4H3;1H/t7-,8+;/m1./s1. The molecule has 90 valence electrons. The predicted molar refractivity (Wildman–Crippen MR) is 60.3 cm³/mol. The molecular formula is C10H20ClNO3. The van der Waals surface area contributed by atoms with Crippen molar-refractivity contribution in [1.29, 1.82) is 0 Å². The lowest BCUT2D eigenvalue weighted by Gasteiger charge is -2.24. The van der Waals surface area contributed by atoms with Crippen molar-refractivity contribution >= 4 is 18.4 Å². The molecule has 1 aliphatic rings. The Bertz CT molecular complexity index is 215. The van der Waals surface area contributed by atoms with Crippen molar-refractivity contribution in [2.45, 2.75) is 44.9 Å². The molecule has 15 heavy (non-hydrogen) atoms. The Labute approximate surface area is 97.1 Å². The molecule has 5 heteroatoms. The SMILES string of the molecule is COC(=O)[C@@H]1C[C@@H](OC(C)(C)C)CN1.Cl. The van der Waals surface area contributed by atoms with E-state index in [-0.39, 0.29) is 36.1 Å². The third-order valence-electron chi connectivity index (χ3n) is 2.10. The third kappa shape index (κ3) is 4.82. The number of carbonyl (C=O) groups excluding carboxylic acids is 1. The van der Waals surface area contributed by atoms with E-state index in [1.54, 1.807) is 0 Å². The van der Waals surface area contributed by atoms with Gasteiger partial charge in [-0.3, -0.25) is 4.79 Å². The Balaban J connectivity index is 0.00000196. The fraction of sp³-hybridized carbons (Fsp3) is 0.900. The molecule has 0 aromatic heterocycles. The second-order valence-electron chi connectivity index (χ2n) is 4.57. The Kier molecular flexibility index (Phi) is 5.56. The van der Waals surface area contributed by atoms with E-state index in [1.807, 2.05) is 20.8 Å². The minimum atomic E-state index is -0.204. The average Bonchev–Trinajstić information content (AvgIpc) is 2.48. The topological polar surface area (TPSA) is 47.6 Å². The summed E-state index contributed by atoms with van der Waals surface area (Å²) in [5, 5.41) is 3.08. The van der Waals surface area contributed by atoms with Gasteiger partial charge in [-0.2, -0.15) is 0 Å². The smallest absolute Gasteiger partial charge is 0.322 e. The van der Waals surface area contributed by atoms with E-state index in [4.69, 9.17) is 4.74 Å². The van der Waals surface area contributed by atoms with E-state index in [0.717, 1.165) is 6.54 Å². The van der Waals surface area contributed by atoms with Gasteiger partial charge in [0.15, 0.2) is 0 Å². The largest absolute Gasteiger partial charge is 0.468 e. The highest BCUT2D eigenvalue weighted by Gasteiger charge is 2.32. The zero-order valence-corrected chi connectivity index (χ0v) is 10.5. The second-order valence-corrected chi connectivity index (χ2v) is 4.57. The maximum atomic E-state index is 11.2. The van der Waals surface area contributed by atoms with E-state index in [2.05, 4.69) is 10.1 Å². The summed E-state index contributed by atoms with van der Waals surface area (Å²) in [6.45, 7) is 6.76. The van der Waals surface area contributed by atoms with Crippen LogP contribution in [0.15, 0.2) is 0 Å². The van der Waals surface area contributed by atoms with Gasteiger partial charge in [0.05, 0.1) is 18.8 Å². The monoisotopic (exact) mass is 237 g/mol. The summed E-state index contributed by atoms with van der Waals surface area (Å²) in [5.74, 6) is -0.204. The molecule has 0 bridgehead atoms. The highest BCUT2D eigenvalue weighted by molar-refractivity contribution is 5.85. The highest BCUT2D eigenvalue weighted by atomic mass is 35.5. The van der Waals surface area contributed by atoms with Gasteiger partial charge in [0, 0.05) is 13.0 Å². The number of hydrogen-bond donors (Lipinski definition) is 1. The quantitative estimate of drug-likeness (QED) is 0.732. The molecule has 1 fully saturated rings. The fourth-order valence-electron chi connectivity index (χ4n) is 1.61. The van der Waals surface area contributed by atoms with Gasteiger partial charge in [0.1, 0.15) is 6.04 Å². The molecule has 1 saturated heterocycles. The molecule has 1 aliphatic heterocycles. The van der Waals surface area contributed by atoms with Crippen LogP contribution in [0.5, 0.6) is 0 Å². The minimum absolute atomic E-state index is 0. The predicted octanol–water partition coefficient (Wildman–Crippen LogP) is 1.13. The molecule has 0 aliphatic carbocycles. The molecule has 0 unspecified atom stereocenters. The second kappa shape index (κ2) is 5.68. The molecule has 1 N–H and O–H groups in total. The maximum Gasteiger partial charge on any atom is 0.322 e. The molecule has 0 aromatic carbocycles. The van der Waals surface area contributed by atoms with Crippen molar-refractivity contribution < 1.29 is 14.3 Å². The van der Waals surface area contributed by atoms with Crippen LogP contribution in [0.4, 0.5) is 0 Å². The molecular weight excluding hydrogens is 218 g/mol. The van der Waals surface area contributed by atoms with Crippen LogP contribution in [0.25, 0.3) is 0 Å². The third-order valence-corrected chi connectivity index (χ3v) is 2.10. The molecule has 0 spiro atoms. The van der Waals surface area contributed by atoms with E-state index in [1.165, 1.54) is 7.11 Å². The lowest BCUT2D eigenvalue weighted by atomic mass is 10.1. The molecule has 1 heterocycles. The summed E-state index contributed by atoms with van der Waals surface area (Å²) in [6.07, 6.45) is 0.809. The molecule has 0 radical (unpaired) electrons. The molecule has 2 atom stereocenters. The maximum absolute atomic E-state index is 11.2. The Hall–Kier alpha value is -0.320. The van der Waals surface area contributed by atoms with Crippen molar-refractivity contribution in [1.82, 2.24) is 5.32 Å². The van der Waals surface area contributed by atoms with Crippen molar-refractivity contribution in [3.05, 3.63) is 0 Å². The van der Waals surface area contributed by atoms with Crippen LogP contribution in [0, 0.1) is 0 Å². The minimum Gasteiger partial charge on any atom is -0.468 e. The van der Waals surface area contributed by atoms with Crippen molar-refractivity contribution in [3.63, 3.8) is 0 Å². The van der Waals surface area contributed by atoms with Crippen LogP contribution in [0.1, 0.15) is 27.2 Å². The zero-order chi connectivity index (χ0) is 10.8. The Morgan fingerprint density at radius 2 is 2.00 bits per heavy atom. The summed E-state index contributed by atoms with van der Waals surface area (Å²) in [5.41, 5.74) is -0.155. The summed E-state index contributed by atoms with van der Waals surface area (Å²) in [7, 11) is 1.40.